The lowest BCUT2D eigenvalue weighted by molar-refractivity contribution is 0.0995. The molecule has 2 rings (SSSR count). The van der Waals surface area contributed by atoms with E-state index in [4.69, 9.17) is 10.5 Å². The number of ether oxygens (including phenoxy) is 1. The first-order valence-corrected chi connectivity index (χ1v) is 8.82. The summed E-state index contributed by atoms with van der Waals surface area (Å²) in [7, 11) is 0. The fourth-order valence-electron chi connectivity index (χ4n) is 2.39. The molecule has 0 saturated carbocycles. The fraction of sp³-hybridized carbons (Fsp3) is 0.368. The minimum absolute atomic E-state index is 0.0188. The molecule has 0 aromatic carbocycles. The number of hydrogen-bond donors (Lipinski definition) is 3. The first kappa shape index (κ1) is 20.3. The third-order valence-electron chi connectivity index (χ3n) is 3.86. The smallest absolute Gasteiger partial charge is 0.267 e. The van der Waals surface area contributed by atoms with Crippen LogP contribution in [0.25, 0.3) is 6.08 Å². The first-order chi connectivity index (χ1) is 13.1. The Bertz CT molecular complexity index is 782. The van der Waals surface area contributed by atoms with Gasteiger partial charge in [-0.2, -0.15) is 0 Å². The van der Waals surface area contributed by atoms with E-state index in [1.165, 1.54) is 6.08 Å². The van der Waals surface area contributed by atoms with Crippen LogP contribution in [0.4, 0.5) is 5.82 Å². The van der Waals surface area contributed by atoms with Crippen LogP contribution in [0.5, 0.6) is 5.75 Å². The molecule has 27 heavy (non-hydrogen) atoms. The molecule has 0 bridgehead atoms. The van der Waals surface area contributed by atoms with Crippen LogP contribution in [0.3, 0.4) is 0 Å². The molecule has 0 aliphatic carbocycles. The van der Waals surface area contributed by atoms with Gasteiger partial charge in [-0.1, -0.05) is 32.4 Å². The Kier molecular flexibility index (Phi) is 7.69. The first-order valence-electron chi connectivity index (χ1n) is 8.82. The highest BCUT2D eigenvalue weighted by atomic mass is 16.5. The maximum absolute atomic E-state index is 11.2. The number of carbonyl (C=O) groups excluding carboxylic acids is 1. The number of nitrogens with two attached hydrogens (primary N) is 1. The van der Waals surface area contributed by atoms with Gasteiger partial charge in [0, 0.05) is 0 Å². The summed E-state index contributed by atoms with van der Waals surface area (Å²) in [6, 6.07) is 4.82. The van der Waals surface area contributed by atoms with Gasteiger partial charge in [0.15, 0.2) is 17.4 Å². The van der Waals surface area contributed by atoms with Crippen molar-refractivity contribution in [1.29, 1.82) is 0 Å². The third-order valence-corrected chi connectivity index (χ3v) is 3.86. The van der Waals surface area contributed by atoms with Gasteiger partial charge in [-0.05, 0) is 24.6 Å². The van der Waals surface area contributed by atoms with E-state index in [0.29, 0.717) is 23.1 Å². The molecule has 0 radical (unpaired) electrons. The number of hydrogen-bond acceptors (Lipinski definition) is 7. The summed E-state index contributed by atoms with van der Waals surface area (Å²) in [5.74, 6) is 0.744. The average molecular weight is 371 g/mol. The number of nitrogens with one attached hydrogen (secondary N) is 1. The normalized spacial score (nSPS) is 11.6. The summed E-state index contributed by atoms with van der Waals surface area (Å²) >= 11 is 0. The van der Waals surface area contributed by atoms with Gasteiger partial charge >= 0.3 is 0 Å². The van der Waals surface area contributed by atoms with Crippen LogP contribution >= 0.6 is 0 Å². The number of aliphatic hydroxyl groups is 1. The summed E-state index contributed by atoms with van der Waals surface area (Å²) in [5, 5.41) is 12.8. The van der Waals surface area contributed by atoms with Crippen LogP contribution in [0.2, 0.25) is 0 Å². The molecule has 0 spiro atoms. The quantitative estimate of drug-likeness (QED) is 0.553. The number of pyridine rings is 1. The van der Waals surface area contributed by atoms with Gasteiger partial charge in [0.1, 0.15) is 12.3 Å². The molecular formula is C19H25N5O3. The standard InChI is InChI=1S/C19H25N5O3/c1-3-5-7-13(11-25)23-19-16(10-21-17(4-2)24-19)27-12-14-8-6-9-15(22-14)18(20)26/h4,6,8-10,13,25H,2-3,5,7,11-12H2,1H3,(H2,20,26)(H,21,23,24)/t13-/m0/s1. The Morgan fingerprint density at radius 1 is 1.44 bits per heavy atom. The number of unbranched alkanes of at least 4 members (excludes halogenated alkanes) is 1. The number of primary amides is 1. The zero-order chi connectivity index (χ0) is 19.6. The van der Waals surface area contributed by atoms with E-state index >= 15 is 0 Å². The highest BCUT2D eigenvalue weighted by Gasteiger charge is 2.14. The average Bonchev–Trinajstić information content (AvgIpc) is 2.70. The number of aromatic nitrogens is 3. The maximum atomic E-state index is 11.2. The molecule has 0 fully saturated rings. The van der Waals surface area contributed by atoms with Crippen molar-refractivity contribution < 1.29 is 14.6 Å². The van der Waals surface area contributed by atoms with Crippen molar-refractivity contribution in [2.45, 2.75) is 38.8 Å². The Balaban J connectivity index is 2.16. The van der Waals surface area contributed by atoms with Gasteiger partial charge in [-0.15, -0.1) is 0 Å². The SMILES string of the molecule is C=Cc1ncc(OCc2cccc(C(N)=O)n2)c(N[C@H](CO)CCCC)n1. The molecule has 0 unspecified atom stereocenters. The van der Waals surface area contributed by atoms with Crippen molar-refractivity contribution in [2.75, 3.05) is 11.9 Å². The zero-order valence-corrected chi connectivity index (χ0v) is 15.4. The van der Waals surface area contributed by atoms with E-state index < -0.39 is 5.91 Å². The summed E-state index contributed by atoms with van der Waals surface area (Å²) in [6.07, 6.45) is 5.90. The van der Waals surface area contributed by atoms with Crippen LogP contribution < -0.4 is 15.8 Å². The van der Waals surface area contributed by atoms with E-state index in [1.807, 2.05) is 0 Å². The molecule has 2 aromatic rings. The lowest BCUT2D eigenvalue weighted by Gasteiger charge is -2.19. The van der Waals surface area contributed by atoms with Gasteiger partial charge in [-0.25, -0.2) is 15.0 Å². The predicted octanol–water partition coefficient (Wildman–Crippen LogP) is 2.16. The van der Waals surface area contributed by atoms with E-state index in [0.717, 1.165) is 19.3 Å². The lowest BCUT2D eigenvalue weighted by Crippen LogP contribution is -2.25. The summed E-state index contributed by atoms with van der Waals surface area (Å²) < 4.78 is 5.79. The second-order valence-electron chi connectivity index (χ2n) is 5.98. The minimum atomic E-state index is -0.598. The number of anilines is 1. The van der Waals surface area contributed by atoms with Crippen molar-refractivity contribution in [2.24, 2.45) is 5.73 Å². The maximum Gasteiger partial charge on any atom is 0.267 e. The van der Waals surface area contributed by atoms with Gasteiger partial charge in [0.05, 0.1) is 24.5 Å². The highest BCUT2D eigenvalue weighted by molar-refractivity contribution is 5.90. The second kappa shape index (κ2) is 10.2. The van der Waals surface area contributed by atoms with Gasteiger partial charge in [0.25, 0.3) is 5.91 Å². The largest absolute Gasteiger partial charge is 0.482 e. The highest BCUT2D eigenvalue weighted by Crippen LogP contribution is 2.24. The third kappa shape index (κ3) is 6.03. The molecule has 0 saturated heterocycles. The molecule has 8 heteroatoms. The Hall–Kier alpha value is -3.00. The zero-order valence-electron chi connectivity index (χ0n) is 15.4. The number of aliphatic hydroxyl groups excluding tert-OH is 1. The Morgan fingerprint density at radius 3 is 2.93 bits per heavy atom. The molecular weight excluding hydrogens is 346 g/mol. The molecule has 1 atom stereocenters. The van der Waals surface area contributed by atoms with Crippen LogP contribution in [-0.4, -0.2) is 38.6 Å². The number of amides is 1. The van der Waals surface area contributed by atoms with Crippen molar-refractivity contribution >= 4 is 17.8 Å². The number of carbonyl (C=O) groups is 1. The Morgan fingerprint density at radius 2 is 2.26 bits per heavy atom. The number of nitrogens with zero attached hydrogens (tertiary/aromatic N) is 3. The predicted molar refractivity (Wildman–Crippen MR) is 103 cm³/mol. The van der Waals surface area contributed by atoms with Gasteiger partial charge in [0.2, 0.25) is 0 Å². The minimum Gasteiger partial charge on any atom is -0.482 e. The van der Waals surface area contributed by atoms with Gasteiger partial charge in [-0.3, -0.25) is 4.79 Å². The molecule has 2 heterocycles. The van der Waals surface area contributed by atoms with Crippen LogP contribution in [0, 0.1) is 0 Å². The summed E-state index contributed by atoms with van der Waals surface area (Å²) in [5.41, 5.74) is 5.98. The molecule has 144 valence electrons. The van der Waals surface area contributed by atoms with Gasteiger partial charge < -0.3 is 20.9 Å². The van der Waals surface area contributed by atoms with Crippen LogP contribution in [-0.2, 0) is 6.61 Å². The molecule has 2 aromatic heterocycles. The Labute approximate surface area is 158 Å². The summed E-state index contributed by atoms with van der Waals surface area (Å²) in [4.78, 5) is 23.9. The van der Waals surface area contributed by atoms with Crippen LogP contribution in [0.15, 0.2) is 31.0 Å². The lowest BCUT2D eigenvalue weighted by atomic mass is 10.1. The summed E-state index contributed by atoms with van der Waals surface area (Å²) in [6.45, 7) is 5.87. The topological polar surface area (TPSA) is 123 Å². The molecule has 1 amide bonds. The van der Waals surface area contributed by atoms with E-state index in [2.05, 4.69) is 33.8 Å². The molecule has 0 aliphatic rings. The van der Waals surface area contributed by atoms with Crippen molar-refractivity contribution in [3.8, 4) is 5.75 Å². The monoisotopic (exact) mass is 371 g/mol. The molecule has 8 nitrogen and oxygen atoms in total. The van der Waals surface area contributed by atoms with E-state index in [9.17, 15) is 9.90 Å². The van der Waals surface area contributed by atoms with Crippen LogP contribution in [0.1, 0.15) is 48.2 Å². The van der Waals surface area contributed by atoms with Crippen molar-refractivity contribution in [1.82, 2.24) is 15.0 Å². The van der Waals surface area contributed by atoms with E-state index in [-0.39, 0.29) is 24.9 Å². The number of rotatable bonds is 11. The molecule has 4 N–H and O–H groups in total. The fourth-order valence-corrected chi connectivity index (χ4v) is 2.39. The van der Waals surface area contributed by atoms with E-state index in [1.54, 1.807) is 24.4 Å². The van der Waals surface area contributed by atoms with Crippen molar-refractivity contribution in [3.63, 3.8) is 0 Å². The van der Waals surface area contributed by atoms with Crippen molar-refractivity contribution in [3.05, 3.63) is 48.2 Å². The second-order valence-corrected chi connectivity index (χ2v) is 5.98. The molecule has 0 aliphatic heterocycles.